The zero-order chi connectivity index (χ0) is 20.4. The SMILES string of the molecule is COc1ccccc1-n1ncc(C(=O)NCC2(Cc3ccc(F)cc3)CC2)c1C. The van der Waals surface area contributed by atoms with Gasteiger partial charge >= 0.3 is 0 Å². The molecule has 1 saturated carbocycles. The Balaban J connectivity index is 1.44. The Kier molecular flexibility index (Phi) is 5.09. The molecular formula is C23H24FN3O2. The molecule has 1 aromatic heterocycles. The van der Waals surface area contributed by atoms with Crippen molar-refractivity contribution in [2.24, 2.45) is 5.41 Å². The molecule has 1 N–H and O–H groups in total. The van der Waals surface area contributed by atoms with E-state index in [0.29, 0.717) is 17.9 Å². The van der Waals surface area contributed by atoms with Crippen LogP contribution in [0.25, 0.3) is 5.69 Å². The van der Waals surface area contributed by atoms with Gasteiger partial charge in [-0.1, -0.05) is 24.3 Å². The highest BCUT2D eigenvalue weighted by molar-refractivity contribution is 5.95. The Bertz CT molecular complexity index is 1020. The van der Waals surface area contributed by atoms with E-state index in [1.807, 2.05) is 43.3 Å². The minimum atomic E-state index is -0.227. The topological polar surface area (TPSA) is 56.2 Å². The molecule has 4 rings (SSSR count). The van der Waals surface area contributed by atoms with Crippen LogP contribution in [0.1, 0.15) is 34.5 Å². The van der Waals surface area contributed by atoms with Crippen molar-refractivity contribution in [2.75, 3.05) is 13.7 Å². The molecule has 150 valence electrons. The van der Waals surface area contributed by atoms with E-state index in [1.54, 1.807) is 18.0 Å². The monoisotopic (exact) mass is 393 g/mol. The molecule has 1 aliphatic rings. The number of carbonyl (C=O) groups excluding carboxylic acids is 1. The van der Waals surface area contributed by atoms with E-state index < -0.39 is 0 Å². The Hall–Kier alpha value is -3.15. The highest BCUT2D eigenvalue weighted by Crippen LogP contribution is 2.47. The predicted octanol–water partition coefficient (Wildman–Crippen LogP) is 4.08. The minimum Gasteiger partial charge on any atom is -0.494 e. The number of carbonyl (C=O) groups is 1. The largest absolute Gasteiger partial charge is 0.494 e. The van der Waals surface area contributed by atoms with Crippen molar-refractivity contribution in [3.8, 4) is 11.4 Å². The highest BCUT2D eigenvalue weighted by atomic mass is 19.1. The standard InChI is InChI=1S/C23H24FN3O2/c1-16-19(14-26-27(16)20-5-3-4-6-21(20)29-2)22(28)25-15-23(11-12-23)13-17-7-9-18(24)10-8-17/h3-10,14H,11-13,15H2,1-2H3,(H,25,28). The lowest BCUT2D eigenvalue weighted by atomic mass is 9.96. The average molecular weight is 393 g/mol. The van der Waals surface area contributed by atoms with E-state index in [0.717, 1.165) is 36.2 Å². The van der Waals surface area contributed by atoms with Gasteiger partial charge in [-0.05, 0) is 61.4 Å². The van der Waals surface area contributed by atoms with Crippen LogP contribution in [-0.2, 0) is 6.42 Å². The summed E-state index contributed by atoms with van der Waals surface area (Å²) < 4.78 is 20.2. The summed E-state index contributed by atoms with van der Waals surface area (Å²) in [5, 5.41) is 7.46. The number of hydrogen-bond donors (Lipinski definition) is 1. The number of benzene rings is 2. The molecule has 0 saturated heterocycles. The Labute approximate surface area is 169 Å². The molecule has 0 spiro atoms. The molecular weight excluding hydrogens is 369 g/mol. The maximum atomic E-state index is 13.1. The maximum absolute atomic E-state index is 13.1. The summed E-state index contributed by atoms with van der Waals surface area (Å²) in [4.78, 5) is 12.8. The van der Waals surface area contributed by atoms with Crippen molar-refractivity contribution in [1.82, 2.24) is 15.1 Å². The quantitative estimate of drug-likeness (QED) is 0.658. The van der Waals surface area contributed by atoms with Gasteiger partial charge in [0.1, 0.15) is 17.3 Å². The van der Waals surface area contributed by atoms with E-state index in [9.17, 15) is 9.18 Å². The van der Waals surface area contributed by atoms with E-state index in [-0.39, 0.29) is 17.1 Å². The van der Waals surface area contributed by atoms with Gasteiger partial charge in [0, 0.05) is 6.54 Å². The molecule has 6 heteroatoms. The average Bonchev–Trinajstić information content (AvgIpc) is 3.40. The first kappa shape index (κ1) is 19.2. The van der Waals surface area contributed by atoms with Gasteiger partial charge in [0.05, 0.1) is 24.6 Å². The molecule has 29 heavy (non-hydrogen) atoms. The number of nitrogens with one attached hydrogen (secondary N) is 1. The first-order valence-electron chi connectivity index (χ1n) is 9.72. The first-order valence-corrected chi connectivity index (χ1v) is 9.72. The second kappa shape index (κ2) is 7.70. The van der Waals surface area contributed by atoms with E-state index in [1.165, 1.54) is 12.1 Å². The van der Waals surface area contributed by atoms with E-state index >= 15 is 0 Å². The van der Waals surface area contributed by atoms with Crippen LogP contribution < -0.4 is 10.1 Å². The molecule has 1 heterocycles. The van der Waals surface area contributed by atoms with Gasteiger partial charge in [0.25, 0.3) is 5.91 Å². The molecule has 1 fully saturated rings. The van der Waals surface area contributed by atoms with Crippen molar-refractivity contribution in [3.05, 3.63) is 77.4 Å². The summed E-state index contributed by atoms with van der Waals surface area (Å²) in [7, 11) is 1.61. The van der Waals surface area contributed by atoms with Crippen LogP contribution in [0.15, 0.2) is 54.7 Å². The van der Waals surface area contributed by atoms with Crippen molar-refractivity contribution in [3.63, 3.8) is 0 Å². The summed E-state index contributed by atoms with van der Waals surface area (Å²) in [6, 6.07) is 14.2. The number of para-hydroxylation sites is 2. The summed E-state index contributed by atoms with van der Waals surface area (Å²) in [6.07, 6.45) is 4.55. The number of rotatable bonds is 7. The van der Waals surface area contributed by atoms with Crippen LogP contribution in [0.5, 0.6) is 5.75 Å². The molecule has 0 unspecified atom stereocenters. The second-order valence-electron chi connectivity index (χ2n) is 7.71. The number of aromatic nitrogens is 2. The Morgan fingerprint density at radius 1 is 1.21 bits per heavy atom. The molecule has 3 aromatic rings. The van der Waals surface area contributed by atoms with Crippen molar-refractivity contribution in [2.45, 2.75) is 26.2 Å². The van der Waals surface area contributed by atoms with Crippen molar-refractivity contribution >= 4 is 5.91 Å². The zero-order valence-corrected chi connectivity index (χ0v) is 16.6. The number of amides is 1. The fourth-order valence-corrected chi connectivity index (χ4v) is 3.67. The molecule has 5 nitrogen and oxygen atoms in total. The fraction of sp³-hybridized carbons (Fsp3) is 0.304. The third-order valence-electron chi connectivity index (χ3n) is 5.64. The van der Waals surface area contributed by atoms with Gasteiger partial charge in [-0.3, -0.25) is 4.79 Å². The van der Waals surface area contributed by atoms with Crippen LogP contribution in [-0.4, -0.2) is 29.3 Å². The number of hydrogen-bond acceptors (Lipinski definition) is 3. The molecule has 1 amide bonds. The van der Waals surface area contributed by atoms with Crippen LogP contribution in [0.2, 0.25) is 0 Å². The summed E-state index contributed by atoms with van der Waals surface area (Å²) in [6.45, 7) is 2.47. The van der Waals surface area contributed by atoms with Crippen LogP contribution >= 0.6 is 0 Å². The fourth-order valence-electron chi connectivity index (χ4n) is 3.67. The van der Waals surface area contributed by atoms with Crippen molar-refractivity contribution in [1.29, 1.82) is 0 Å². The molecule has 2 aromatic carbocycles. The molecule has 0 aliphatic heterocycles. The lowest BCUT2D eigenvalue weighted by Gasteiger charge is -2.16. The van der Waals surface area contributed by atoms with Crippen LogP contribution in [0.4, 0.5) is 4.39 Å². The Morgan fingerprint density at radius 3 is 2.62 bits per heavy atom. The van der Waals surface area contributed by atoms with Gasteiger partial charge in [-0.2, -0.15) is 5.10 Å². The van der Waals surface area contributed by atoms with E-state index in [2.05, 4.69) is 10.4 Å². The van der Waals surface area contributed by atoms with Gasteiger partial charge in [-0.25, -0.2) is 9.07 Å². The highest BCUT2D eigenvalue weighted by Gasteiger charge is 2.42. The normalized spacial score (nSPS) is 14.4. The maximum Gasteiger partial charge on any atom is 0.254 e. The molecule has 1 aliphatic carbocycles. The van der Waals surface area contributed by atoms with Gasteiger partial charge in [-0.15, -0.1) is 0 Å². The van der Waals surface area contributed by atoms with Gasteiger partial charge < -0.3 is 10.1 Å². The predicted molar refractivity (Wildman–Crippen MR) is 109 cm³/mol. The summed E-state index contributed by atoms with van der Waals surface area (Å²) >= 11 is 0. The smallest absolute Gasteiger partial charge is 0.254 e. The third kappa shape index (κ3) is 4.01. The second-order valence-corrected chi connectivity index (χ2v) is 7.71. The molecule has 0 bridgehead atoms. The molecule has 0 radical (unpaired) electrons. The van der Waals surface area contributed by atoms with Gasteiger partial charge in [0.2, 0.25) is 0 Å². The third-order valence-corrected chi connectivity index (χ3v) is 5.64. The lowest BCUT2D eigenvalue weighted by molar-refractivity contribution is 0.0944. The summed E-state index contributed by atoms with van der Waals surface area (Å²) in [5.74, 6) is 0.338. The number of methoxy groups -OCH3 is 1. The summed E-state index contributed by atoms with van der Waals surface area (Å²) in [5.41, 5.74) is 3.27. The number of halogens is 1. The van der Waals surface area contributed by atoms with Crippen LogP contribution in [0, 0.1) is 18.2 Å². The van der Waals surface area contributed by atoms with E-state index in [4.69, 9.17) is 4.74 Å². The minimum absolute atomic E-state index is 0.0695. The number of nitrogens with zero attached hydrogens (tertiary/aromatic N) is 2. The molecule has 0 atom stereocenters. The van der Waals surface area contributed by atoms with Crippen LogP contribution in [0.3, 0.4) is 0 Å². The first-order chi connectivity index (χ1) is 14.0. The Morgan fingerprint density at radius 2 is 1.93 bits per heavy atom. The van der Waals surface area contributed by atoms with Crippen molar-refractivity contribution < 1.29 is 13.9 Å². The lowest BCUT2D eigenvalue weighted by Crippen LogP contribution is -2.31. The number of ether oxygens (including phenoxy) is 1. The zero-order valence-electron chi connectivity index (χ0n) is 16.6. The van der Waals surface area contributed by atoms with Gasteiger partial charge in [0.15, 0.2) is 0 Å².